The summed E-state index contributed by atoms with van der Waals surface area (Å²) in [6.45, 7) is 1.88. The van der Waals surface area contributed by atoms with Gasteiger partial charge < -0.3 is 20.8 Å². The van der Waals surface area contributed by atoms with Crippen LogP contribution in [0.25, 0.3) is 10.9 Å². The molecular formula is C22H24FN3O3. The number of para-hydroxylation sites is 1. The summed E-state index contributed by atoms with van der Waals surface area (Å²) in [6, 6.07) is 11.8. The van der Waals surface area contributed by atoms with Gasteiger partial charge in [-0.25, -0.2) is 9.18 Å². The Hall–Kier alpha value is -3.19. The molecule has 0 aliphatic heterocycles. The number of esters is 1. The van der Waals surface area contributed by atoms with Gasteiger partial charge in [-0.3, -0.25) is 4.79 Å². The molecule has 6 nitrogen and oxygen atoms in total. The number of halogens is 1. The van der Waals surface area contributed by atoms with Crippen LogP contribution in [0.2, 0.25) is 0 Å². The number of H-pyrrole nitrogens is 1. The standard InChI is InChI=1S/C22H24FN3O3/c1-2-29-22(28)20(11-14-7-9-16(23)10-8-14)26-21(27)18(24)12-15-13-25-19-6-4-3-5-17(15)19/h3-10,13,18,20,25H,2,11-12,24H2,1H3,(H,26,27). The molecule has 1 aromatic heterocycles. The SMILES string of the molecule is CCOC(=O)C(Cc1ccc(F)cc1)NC(=O)C(N)Cc1c[nH]c2ccccc12. The number of carbonyl (C=O) groups excluding carboxylic acids is 2. The van der Waals surface area contributed by atoms with Crippen LogP contribution in [0.5, 0.6) is 0 Å². The van der Waals surface area contributed by atoms with Crippen molar-refractivity contribution in [3.05, 3.63) is 71.7 Å². The number of rotatable bonds is 8. The van der Waals surface area contributed by atoms with Crippen molar-refractivity contribution in [1.82, 2.24) is 10.3 Å². The number of hydrogen-bond acceptors (Lipinski definition) is 4. The quantitative estimate of drug-likeness (QED) is 0.509. The zero-order valence-corrected chi connectivity index (χ0v) is 16.2. The van der Waals surface area contributed by atoms with Crippen molar-refractivity contribution in [3.63, 3.8) is 0 Å². The Balaban J connectivity index is 1.69. The molecule has 0 aliphatic carbocycles. The maximum Gasteiger partial charge on any atom is 0.328 e. The molecule has 29 heavy (non-hydrogen) atoms. The lowest BCUT2D eigenvalue weighted by Crippen LogP contribution is -2.50. The van der Waals surface area contributed by atoms with Crippen molar-refractivity contribution in [1.29, 1.82) is 0 Å². The van der Waals surface area contributed by atoms with Crippen LogP contribution in [0.4, 0.5) is 4.39 Å². The van der Waals surface area contributed by atoms with Gasteiger partial charge in [0.05, 0.1) is 12.6 Å². The van der Waals surface area contributed by atoms with E-state index in [4.69, 9.17) is 10.5 Å². The van der Waals surface area contributed by atoms with E-state index in [1.807, 2.05) is 30.5 Å². The minimum Gasteiger partial charge on any atom is -0.464 e. The average Bonchev–Trinajstić information content (AvgIpc) is 3.12. The van der Waals surface area contributed by atoms with E-state index in [0.717, 1.165) is 16.5 Å². The Kier molecular flexibility index (Phi) is 6.61. The minimum absolute atomic E-state index is 0.185. The Morgan fingerprint density at radius 1 is 1.14 bits per heavy atom. The van der Waals surface area contributed by atoms with Crippen LogP contribution in [0.15, 0.2) is 54.7 Å². The number of nitrogens with two attached hydrogens (primary N) is 1. The number of amides is 1. The van der Waals surface area contributed by atoms with Gasteiger partial charge in [0.1, 0.15) is 11.9 Å². The third kappa shape index (κ3) is 5.20. The predicted molar refractivity (Wildman–Crippen MR) is 109 cm³/mol. The zero-order chi connectivity index (χ0) is 20.8. The van der Waals surface area contributed by atoms with E-state index in [1.54, 1.807) is 19.1 Å². The predicted octanol–water partition coefficient (Wildman–Crippen LogP) is 2.47. The number of ether oxygens (including phenoxy) is 1. The maximum atomic E-state index is 13.1. The normalized spacial score (nSPS) is 13.1. The number of hydrogen-bond donors (Lipinski definition) is 3. The molecular weight excluding hydrogens is 373 g/mol. The summed E-state index contributed by atoms with van der Waals surface area (Å²) in [4.78, 5) is 28.1. The lowest BCUT2D eigenvalue weighted by atomic mass is 10.0. The molecule has 4 N–H and O–H groups in total. The van der Waals surface area contributed by atoms with E-state index < -0.39 is 24.0 Å². The van der Waals surface area contributed by atoms with Crippen molar-refractivity contribution in [2.75, 3.05) is 6.61 Å². The molecule has 2 atom stereocenters. The largest absolute Gasteiger partial charge is 0.464 e. The number of benzene rings is 2. The fourth-order valence-corrected chi connectivity index (χ4v) is 3.20. The molecule has 0 spiro atoms. The van der Waals surface area contributed by atoms with Gasteiger partial charge in [0.15, 0.2) is 0 Å². The highest BCUT2D eigenvalue weighted by molar-refractivity contribution is 5.89. The van der Waals surface area contributed by atoms with Crippen LogP contribution in [0.1, 0.15) is 18.1 Å². The third-order valence-corrected chi connectivity index (χ3v) is 4.69. The Labute approximate surface area is 168 Å². The number of aromatic nitrogens is 1. The van der Waals surface area contributed by atoms with E-state index in [2.05, 4.69) is 10.3 Å². The molecule has 7 heteroatoms. The topological polar surface area (TPSA) is 97.2 Å². The number of nitrogens with one attached hydrogen (secondary N) is 2. The van der Waals surface area contributed by atoms with Crippen LogP contribution < -0.4 is 11.1 Å². The van der Waals surface area contributed by atoms with Gasteiger partial charge in [0, 0.05) is 23.5 Å². The van der Waals surface area contributed by atoms with Gasteiger partial charge in [0.25, 0.3) is 0 Å². The lowest BCUT2D eigenvalue weighted by molar-refractivity contribution is -0.147. The fourth-order valence-electron chi connectivity index (χ4n) is 3.20. The summed E-state index contributed by atoms with van der Waals surface area (Å²) >= 11 is 0. The summed E-state index contributed by atoms with van der Waals surface area (Å²) in [5.41, 5.74) is 8.70. The molecule has 2 aromatic carbocycles. The molecule has 1 amide bonds. The van der Waals surface area contributed by atoms with Gasteiger partial charge in [-0.1, -0.05) is 30.3 Å². The highest BCUT2D eigenvalue weighted by Crippen LogP contribution is 2.19. The van der Waals surface area contributed by atoms with Gasteiger partial charge >= 0.3 is 5.97 Å². The lowest BCUT2D eigenvalue weighted by Gasteiger charge is -2.20. The van der Waals surface area contributed by atoms with Gasteiger partial charge in [-0.15, -0.1) is 0 Å². The van der Waals surface area contributed by atoms with E-state index in [1.165, 1.54) is 12.1 Å². The molecule has 3 rings (SSSR count). The fraction of sp³-hybridized carbons (Fsp3) is 0.273. The van der Waals surface area contributed by atoms with E-state index in [9.17, 15) is 14.0 Å². The minimum atomic E-state index is -0.901. The second-order valence-corrected chi connectivity index (χ2v) is 6.81. The molecule has 0 saturated carbocycles. The summed E-state index contributed by atoms with van der Waals surface area (Å²) in [6.07, 6.45) is 2.34. The van der Waals surface area contributed by atoms with Crippen molar-refractivity contribution in [2.45, 2.75) is 31.8 Å². The first-order chi connectivity index (χ1) is 14.0. The van der Waals surface area contributed by atoms with Crippen LogP contribution in [0.3, 0.4) is 0 Å². The van der Waals surface area contributed by atoms with E-state index in [0.29, 0.717) is 12.0 Å². The van der Waals surface area contributed by atoms with Crippen molar-refractivity contribution in [2.24, 2.45) is 5.73 Å². The maximum absolute atomic E-state index is 13.1. The molecule has 152 valence electrons. The average molecular weight is 397 g/mol. The number of fused-ring (bicyclic) bond motifs is 1. The van der Waals surface area contributed by atoms with E-state index >= 15 is 0 Å². The molecule has 0 fully saturated rings. The number of aromatic amines is 1. The first-order valence-electron chi connectivity index (χ1n) is 9.50. The van der Waals surface area contributed by atoms with Crippen LogP contribution in [-0.4, -0.2) is 35.6 Å². The van der Waals surface area contributed by atoms with Crippen molar-refractivity contribution >= 4 is 22.8 Å². The highest BCUT2D eigenvalue weighted by atomic mass is 19.1. The zero-order valence-electron chi connectivity index (χ0n) is 16.2. The first kappa shape index (κ1) is 20.5. The van der Waals surface area contributed by atoms with E-state index in [-0.39, 0.29) is 18.8 Å². The summed E-state index contributed by atoms with van der Waals surface area (Å²) in [5, 5.41) is 3.69. The molecule has 2 unspecified atom stereocenters. The Bertz CT molecular complexity index is 984. The monoisotopic (exact) mass is 397 g/mol. The summed E-state index contributed by atoms with van der Waals surface area (Å²) < 4.78 is 18.2. The summed E-state index contributed by atoms with van der Waals surface area (Å²) in [7, 11) is 0. The third-order valence-electron chi connectivity index (χ3n) is 4.69. The molecule has 0 saturated heterocycles. The number of carbonyl (C=O) groups is 2. The van der Waals surface area contributed by atoms with Crippen molar-refractivity contribution in [3.8, 4) is 0 Å². The molecule has 1 heterocycles. The van der Waals surface area contributed by atoms with Gasteiger partial charge in [0.2, 0.25) is 5.91 Å². The summed E-state index contributed by atoms with van der Waals surface area (Å²) in [5.74, 6) is -1.37. The second kappa shape index (κ2) is 9.34. The van der Waals surface area contributed by atoms with Crippen molar-refractivity contribution < 1.29 is 18.7 Å². The van der Waals surface area contributed by atoms with Crippen LogP contribution in [-0.2, 0) is 27.2 Å². The van der Waals surface area contributed by atoms with Gasteiger partial charge in [-0.05, 0) is 42.7 Å². The molecule has 0 aliphatic rings. The highest BCUT2D eigenvalue weighted by Gasteiger charge is 2.25. The Morgan fingerprint density at radius 2 is 1.86 bits per heavy atom. The molecule has 0 radical (unpaired) electrons. The smallest absolute Gasteiger partial charge is 0.328 e. The molecule has 3 aromatic rings. The molecule has 0 bridgehead atoms. The van der Waals surface area contributed by atoms with Crippen LogP contribution >= 0.6 is 0 Å². The van der Waals surface area contributed by atoms with Crippen LogP contribution in [0, 0.1) is 5.82 Å². The second-order valence-electron chi connectivity index (χ2n) is 6.81. The first-order valence-corrected chi connectivity index (χ1v) is 9.50. The Morgan fingerprint density at radius 3 is 2.59 bits per heavy atom. The van der Waals surface area contributed by atoms with Gasteiger partial charge in [-0.2, -0.15) is 0 Å².